The Morgan fingerprint density at radius 1 is 0.640 bits per heavy atom. The maximum Gasteiger partial charge on any atom is 0.216 e. The zero-order valence-electron chi connectivity index (χ0n) is 13.4. The van der Waals surface area contributed by atoms with E-state index in [2.05, 4.69) is 77.8 Å². The summed E-state index contributed by atoms with van der Waals surface area (Å²) in [6.07, 6.45) is 1.46. The molecule has 0 unspecified atom stereocenters. The Balaban J connectivity index is 2.15. The standard InChI is InChI=1S/C21H16NOPS/c25-21-20(22-16-23-21)24(17-10-4-1-5-11-17,18-12-6-2-7-13-18)19-14-8-3-9-15-19/h1-16H. The minimum atomic E-state index is -2.20. The van der Waals surface area contributed by atoms with Crippen LogP contribution < -0.4 is 21.3 Å². The van der Waals surface area contributed by atoms with Gasteiger partial charge in [0.25, 0.3) is 0 Å². The van der Waals surface area contributed by atoms with E-state index < -0.39 is 7.26 Å². The van der Waals surface area contributed by atoms with Crippen molar-refractivity contribution in [3.63, 3.8) is 0 Å². The van der Waals surface area contributed by atoms with Gasteiger partial charge in [-0.25, -0.2) is 0 Å². The third-order valence-electron chi connectivity index (χ3n) is 4.27. The molecule has 25 heavy (non-hydrogen) atoms. The highest BCUT2D eigenvalue weighted by molar-refractivity contribution is 8.01. The van der Waals surface area contributed by atoms with Crippen LogP contribution in [0.25, 0.3) is 0 Å². The maximum absolute atomic E-state index is 5.53. The van der Waals surface area contributed by atoms with E-state index >= 15 is 0 Å². The lowest BCUT2D eigenvalue weighted by Crippen LogP contribution is -2.39. The second kappa shape index (κ2) is 6.79. The van der Waals surface area contributed by atoms with Crippen LogP contribution in [0.5, 0.6) is 0 Å². The van der Waals surface area contributed by atoms with Crippen LogP contribution in [0.3, 0.4) is 0 Å². The van der Waals surface area contributed by atoms with E-state index in [0.717, 1.165) is 5.44 Å². The van der Waals surface area contributed by atoms with Gasteiger partial charge in [-0.15, -0.1) is 0 Å². The molecule has 0 fully saturated rings. The minimum absolute atomic E-state index is 0.463. The third-order valence-corrected chi connectivity index (χ3v) is 8.88. The first-order valence-corrected chi connectivity index (χ1v) is 10.2. The molecule has 3 aromatic carbocycles. The van der Waals surface area contributed by atoms with Crippen molar-refractivity contribution in [3.8, 4) is 0 Å². The van der Waals surface area contributed by atoms with E-state index in [4.69, 9.17) is 17.0 Å². The van der Waals surface area contributed by atoms with Crippen molar-refractivity contribution in [3.05, 3.63) is 97.4 Å². The highest BCUT2D eigenvalue weighted by Crippen LogP contribution is 2.54. The van der Waals surface area contributed by atoms with Crippen molar-refractivity contribution in [2.24, 2.45) is 0 Å². The SMILES string of the molecule is [S-]c1ocnc1[P+](c1ccccc1)(c1ccccc1)c1ccccc1. The van der Waals surface area contributed by atoms with Crippen LogP contribution >= 0.6 is 7.26 Å². The van der Waals surface area contributed by atoms with Crippen LogP contribution in [0.4, 0.5) is 0 Å². The van der Waals surface area contributed by atoms with E-state index in [-0.39, 0.29) is 0 Å². The number of aromatic nitrogens is 1. The van der Waals surface area contributed by atoms with Crippen molar-refractivity contribution in [2.75, 3.05) is 0 Å². The molecule has 0 aliphatic carbocycles. The smallest absolute Gasteiger partial charge is 0.216 e. The summed E-state index contributed by atoms with van der Waals surface area (Å²) in [7, 11) is -2.20. The molecule has 4 heteroatoms. The lowest BCUT2D eigenvalue weighted by Gasteiger charge is -2.26. The summed E-state index contributed by atoms with van der Waals surface area (Å²) in [5.74, 6) is 0. The summed E-state index contributed by atoms with van der Waals surface area (Å²) in [4.78, 5) is 4.60. The highest BCUT2D eigenvalue weighted by Gasteiger charge is 2.50. The van der Waals surface area contributed by atoms with Crippen LogP contribution in [0.2, 0.25) is 0 Å². The fraction of sp³-hybridized carbons (Fsp3) is 0. The molecule has 1 heterocycles. The van der Waals surface area contributed by atoms with Crippen molar-refractivity contribution in [1.82, 2.24) is 4.98 Å². The molecule has 0 saturated carbocycles. The Hall–Kier alpha value is -2.48. The molecule has 0 atom stereocenters. The summed E-state index contributed by atoms with van der Waals surface area (Å²) in [6, 6.07) is 31.5. The molecule has 4 aromatic rings. The van der Waals surface area contributed by atoms with Crippen molar-refractivity contribution < 1.29 is 4.42 Å². The predicted octanol–water partition coefficient (Wildman–Crippen LogP) is 3.20. The van der Waals surface area contributed by atoms with E-state index in [1.165, 1.54) is 22.3 Å². The van der Waals surface area contributed by atoms with E-state index in [1.54, 1.807) is 0 Å². The van der Waals surface area contributed by atoms with Crippen LogP contribution in [0.15, 0.2) is 107 Å². The number of benzene rings is 3. The zero-order chi connectivity index (χ0) is 17.1. The van der Waals surface area contributed by atoms with Gasteiger partial charge in [0.2, 0.25) is 5.44 Å². The van der Waals surface area contributed by atoms with Gasteiger partial charge in [0.05, 0.1) is 0 Å². The molecule has 0 aliphatic rings. The number of rotatable bonds is 4. The molecule has 122 valence electrons. The molecule has 0 N–H and O–H groups in total. The fourth-order valence-electron chi connectivity index (χ4n) is 3.22. The Morgan fingerprint density at radius 2 is 1.04 bits per heavy atom. The zero-order valence-corrected chi connectivity index (χ0v) is 15.2. The quantitative estimate of drug-likeness (QED) is 0.412. The largest absolute Gasteiger partial charge is 0.736 e. The third kappa shape index (κ3) is 2.66. The monoisotopic (exact) mass is 361 g/mol. The second-order valence-corrected chi connectivity index (χ2v) is 9.33. The number of nitrogens with zero attached hydrogens (tertiary/aromatic N) is 1. The average Bonchev–Trinajstić information content (AvgIpc) is 3.12. The van der Waals surface area contributed by atoms with Crippen LogP contribution in [-0.2, 0) is 12.6 Å². The summed E-state index contributed by atoms with van der Waals surface area (Å²) in [5.41, 5.74) is 0.853. The summed E-state index contributed by atoms with van der Waals surface area (Å²) in [5, 5.41) is 4.11. The normalized spacial score (nSPS) is 11.4. The number of hydrogen-bond donors (Lipinski definition) is 0. The topological polar surface area (TPSA) is 26.0 Å². The Labute approximate surface area is 153 Å². The first-order chi connectivity index (χ1) is 12.3. The molecule has 0 bridgehead atoms. The van der Waals surface area contributed by atoms with Crippen molar-refractivity contribution in [2.45, 2.75) is 5.09 Å². The summed E-state index contributed by atoms with van der Waals surface area (Å²) < 4.78 is 5.47. The molecule has 2 nitrogen and oxygen atoms in total. The lowest BCUT2D eigenvalue weighted by atomic mass is 10.4. The molecular weight excluding hydrogens is 345 g/mol. The molecule has 0 saturated heterocycles. The van der Waals surface area contributed by atoms with E-state index in [9.17, 15) is 0 Å². The fourth-order valence-corrected chi connectivity index (χ4v) is 7.76. The average molecular weight is 361 g/mol. The molecule has 1 aromatic heterocycles. The van der Waals surface area contributed by atoms with Gasteiger partial charge in [0.15, 0.2) is 13.7 Å². The molecular formula is C21H16NOPS. The first kappa shape index (κ1) is 16.0. The summed E-state index contributed by atoms with van der Waals surface area (Å²) in [6.45, 7) is 0. The van der Waals surface area contributed by atoms with Gasteiger partial charge in [-0.3, -0.25) is 0 Å². The Bertz CT molecular complexity index is 858. The lowest BCUT2D eigenvalue weighted by molar-refractivity contribution is 0.473. The molecule has 0 aliphatic heterocycles. The van der Waals surface area contributed by atoms with E-state index in [0.29, 0.717) is 5.09 Å². The van der Waals surface area contributed by atoms with E-state index in [1.807, 2.05) is 18.2 Å². The van der Waals surface area contributed by atoms with Gasteiger partial charge in [-0.1, -0.05) is 54.6 Å². The van der Waals surface area contributed by atoms with Crippen LogP contribution in [0.1, 0.15) is 0 Å². The Morgan fingerprint density at radius 3 is 1.36 bits per heavy atom. The van der Waals surface area contributed by atoms with Gasteiger partial charge in [0.1, 0.15) is 15.9 Å². The molecule has 4 rings (SSSR count). The minimum Gasteiger partial charge on any atom is -0.736 e. The van der Waals surface area contributed by atoms with Gasteiger partial charge < -0.3 is 17.0 Å². The van der Waals surface area contributed by atoms with Gasteiger partial charge in [-0.2, -0.15) is 4.98 Å². The summed E-state index contributed by atoms with van der Waals surface area (Å²) >= 11 is 5.53. The molecule has 0 radical (unpaired) electrons. The predicted molar refractivity (Wildman–Crippen MR) is 107 cm³/mol. The van der Waals surface area contributed by atoms with Gasteiger partial charge >= 0.3 is 0 Å². The van der Waals surface area contributed by atoms with Crippen LogP contribution in [-0.4, -0.2) is 4.98 Å². The van der Waals surface area contributed by atoms with Gasteiger partial charge in [-0.05, 0) is 36.4 Å². The maximum atomic E-state index is 5.53. The second-order valence-electron chi connectivity index (χ2n) is 5.64. The van der Waals surface area contributed by atoms with Crippen LogP contribution in [0, 0.1) is 0 Å². The van der Waals surface area contributed by atoms with Gasteiger partial charge in [0, 0.05) is 5.09 Å². The van der Waals surface area contributed by atoms with Crippen molar-refractivity contribution >= 4 is 41.2 Å². The molecule has 0 amide bonds. The highest BCUT2D eigenvalue weighted by atomic mass is 32.1. The number of oxazole rings is 1. The first-order valence-electron chi connectivity index (χ1n) is 8.00. The Kier molecular flexibility index (Phi) is 4.35. The van der Waals surface area contributed by atoms with Crippen molar-refractivity contribution in [1.29, 1.82) is 0 Å². The molecule has 0 spiro atoms. The number of hydrogen-bond acceptors (Lipinski definition) is 3.